The summed E-state index contributed by atoms with van der Waals surface area (Å²) in [5.41, 5.74) is 0.465. The molecule has 1 saturated heterocycles. The van der Waals surface area contributed by atoms with Crippen molar-refractivity contribution < 1.29 is 26.0 Å². The molecule has 0 bridgehead atoms. The van der Waals surface area contributed by atoms with Crippen molar-refractivity contribution in [2.24, 2.45) is 0 Å². The van der Waals surface area contributed by atoms with Crippen LogP contribution in [0.25, 0.3) is 0 Å². The summed E-state index contributed by atoms with van der Waals surface area (Å²) in [7, 11) is -8.43. The van der Waals surface area contributed by atoms with Crippen LogP contribution in [0.4, 0.5) is 4.39 Å². The first-order valence-electron chi connectivity index (χ1n) is 9.60. The number of halogens is 2. The van der Waals surface area contributed by atoms with E-state index in [1.807, 2.05) is 18.6 Å². The lowest BCUT2D eigenvalue weighted by molar-refractivity contribution is 0.0981. The van der Waals surface area contributed by atoms with Crippen LogP contribution in [0.3, 0.4) is 0 Å². The molecule has 2 aromatic rings. The molecule has 0 atom stereocenters. The van der Waals surface area contributed by atoms with E-state index in [-0.39, 0.29) is 23.9 Å². The molecule has 1 heterocycles. The maximum absolute atomic E-state index is 14.4. The Kier molecular flexibility index (Phi) is 6.75. The molecule has 31 heavy (non-hydrogen) atoms. The second-order valence-corrected chi connectivity index (χ2v) is 11.5. The third kappa shape index (κ3) is 4.92. The molecule has 1 amide bonds. The molecular formula is C20H22ClFN2O5S2. The molecule has 0 radical (unpaired) electrons. The number of amides is 1. The number of carbonyl (C=O) groups is 1. The van der Waals surface area contributed by atoms with Gasteiger partial charge in [-0.2, -0.15) is 4.31 Å². The van der Waals surface area contributed by atoms with Gasteiger partial charge in [0.05, 0.1) is 15.5 Å². The normalized spacial score (nSPS) is 15.4. The van der Waals surface area contributed by atoms with Gasteiger partial charge in [0.15, 0.2) is 0 Å². The van der Waals surface area contributed by atoms with E-state index in [1.165, 1.54) is 12.1 Å². The Hall–Kier alpha value is -2.01. The van der Waals surface area contributed by atoms with Gasteiger partial charge >= 0.3 is 0 Å². The van der Waals surface area contributed by atoms with Gasteiger partial charge in [-0.25, -0.2) is 25.9 Å². The molecule has 0 spiro atoms. The van der Waals surface area contributed by atoms with Gasteiger partial charge < -0.3 is 0 Å². The van der Waals surface area contributed by atoms with Crippen molar-refractivity contribution in [2.75, 3.05) is 13.1 Å². The molecule has 11 heteroatoms. The van der Waals surface area contributed by atoms with Crippen molar-refractivity contribution in [3.63, 3.8) is 0 Å². The van der Waals surface area contributed by atoms with E-state index in [1.54, 1.807) is 12.1 Å². The lowest BCUT2D eigenvalue weighted by Crippen LogP contribution is -2.32. The first kappa shape index (κ1) is 23.6. The molecule has 0 saturated carbocycles. The Labute approximate surface area is 186 Å². The highest BCUT2D eigenvalue weighted by molar-refractivity contribution is 7.90. The molecule has 2 aromatic carbocycles. The van der Waals surface area contributed by atoms with Crippen LogP contribution < -0.4 is 4.72 Å². The summed E-state index contributed by atoms with van der Waals surface area (Å²) >= 11 is 5.93. The maximum atomic E-state index is 14.4. The highest BCUT2D eigenvalue weighted by Gasteiger charge is 2.32. The predicted octanol–water partition coefficient (Wildman–Crippen LogP) is 3.51. The lowest BCUT2D eigenvalue weighted by atomic mass is 10.0. The Morgan fingerprint density at radius 2 is 1.65 bits per heavy atom. The third-order valence-electron chi connectivity index (χ3n) is 5.03. The van der Waals surface area contributed by atoms with Crippen LogP contribution in [-0.2, 0) is 20.0 Å². The predicted molar refractivity (Wildman–Crippen MR) is 115 cm³/mol. The Bertz CT molecular complexity index is 1210. The van der Waals surface area contributed by atoms with Crippen molar-refractivity contribution in [3.05, 3.63) is 58.4 Å². The molecule has 0 aliphatic carbocycles. The molecule has 1 N–H and O–H groups in total. The number of rotatable bonds is 6. The number of hydrogen-bond donors (Lipinski definition) is 1. The molecule has 1 aliphatic rings. The molecule has 0 unspecified atom stereocenters. The van der Waals surface area contributed by atoms with E-state index in [2.05, 4.69) is 0 Å². The molecule has 1 fully saturated rings. The van der Waals surface area contributed by atoms with Crippen LogP contribution in [0, 0.1) is 5.82 Å². The Morgan fingerprint density at radius 3 is 2.19 bits per heavy atom. The van der Waals surface area contributed by atoms with Crippen molar-refractivity contribution in [3.8, 4) is 0 Å². The highest BCUT2D eigenvalue weighted by atomic mass is 35.5. The van der Waals surface area contributed by atoms with Crippen LogP contribution in [-0.4, -0.2) is 40.1 Å². The lowest BCUT2D eigenvalue weighted by Gasteiger charge is -2.17. The maximum Gasteiger partial charge on any atom is 0.266 e. The number of benzene rings is 2. The zero-order valence-electron chi connectivity index (χ0n) is 16.9. The van der Waals surface area contributed by atoms with Crippen molar-refractivity contribution in [2.45, 2.75) is 42.4 Å². The van der Waals surface area contributed by atoms with Gasteiger partial charge in [0.25, 0.3) is 15.9 Å². The monoisotopic (exact) mass is 488 g/mol. The highest BCUT2D eigenvalue weighted by Crippen LogP contribution is 2.28. The SMILES string of the molecule is CC(C)c1ccc(S(=O)(=O)NC(=O)c2cc(S(=O)(=O)N3CCCC3)c(F)cc2Cl)cc1. The molecule has 0 aromatic heterocycles. The van der Waals surface area contributed by atoms with Gasteiger partial charge in [0.2, 0.25) is 10.0 Å². The summed E-state index contributed by atoms with van der Waals surface area (Å²) in [5, 5.41) is -0.402. The minimum Gasteiger partial charge on any atom is -0.268 e. The minimum absolute atomic E-state index is 0.145. The summed E-state index contributed by atoms with van der Waals surface area (Å²) in [6.07, 6.45) is 1.30. The quantitative estimate of drug-likeness (QED) is 0.670. The molecular weight excluding hydrogens is 467 g/mol. The van der Waals surface area contributed by atoms with E-state index in [0.29, 0.717) is 18.9 Å². The average Bonchev–Trinajstić information content (AvgIpc) is 3.23. The van der Waals surface area contributed by atoms with Crippen LogP contribution in [0.2, 0.25) is 5.02 Å². The van der Waals surface area contributed by atoms with E-state index >= 15 is 0 Å². The van der Waals surface area contributed by atoms with Crippen LogP contribution in [0.1, 0.15) is 48.5 Å². The van der Waals surface area contributed by atoms with E-state index in [0.717, 1.165) is 15.9 Å². The van der Waals surface area contributed by atoms with Crippen molar-refractivity contribution in [1.29, 1.82) is 0 Å². The Balaban J connectivity index is 1.92. The molecule has 3 rings (SSSR count). The number of hydrogen-bond acceptors (Lipinski definition) is 5. The van der Waals surface area contributed by atoms with Crippen molar-refractivity contribution in [1.82, 2.24) is 9.03 Å². The van der Waals surface area contributed by atoms with Crippen LogP contribution in [0.5, 0.6) is 0 Å². The number of sulfonamides is 2. The summed E-state index contributed by atoms with van der Waals surface area (Å²) in [6.45, 7) is 4.39. The number of carbonyl (C=O) groups excluding carboxylic acids is 1. The molecule has 168 valence electrons. The van der Waals surface area contributed by atoms with Gasteiger partial charge in [0, 0.05) is 13.1 Å². The zero-order valence-corrected chi connectivity index (χ0v) is 19.3. The largest absolute Gasteiger partial charge is 0.268 e. The van der Waals surface area contributed by atoms with Crippen LogP contribution >= 0.6 is 11.6 Å². The average molecular weight is 489 g/mol. The molecule has 1 aliphatic heterocycles. The van der Waals surface area contributed by atoms with Gasteiger partial charge in [-0.1, -0.05) is 37.6 Å². The van der Waals surface area contributed by atoms with Gasteiger partial charge in [-0.3, -0.25) is 4.79 Å². The summed E-state index contributed by atoms with van der Waals surface area (Å²) in [5.74, 6) is -2.07. The zero-order chi connectivity index (χ0) is 23.0. The topological polar surface area (TPSA) is 101 Å². The Morgan fingerprint density at radius 1 is 1.06 bits per heavy atom. The third-order valence-corrected chi connectivity index (χ3v) is 8.61. The fourth-order valence-corrected chi connectivity index (χ4v) is 6.03. The minimum atomic E-state index is -4.25. The van der Waals surface area contributed by atoms with Crippen molar-refractivity contribution >= 4 is 37.6 Å². The standard InChI is InChI=1S/C20H22ClFN2O5S2/c1-13(2)14-5-7-15(8-6-14)30(26,27)23-20(25)16-11-19(18(22)12-17(16)21)31(28,29)24-9-3-4-10-24/h5-8,11-13H,3-4,9-10H2,1-2H3,(H,23,25). The summed E-state index contributed by atoms with van der Waals surface area (Å²) in [6, 6.07) is 7.47. The second-order valence-electron chi connectivity index (χ2n) is 7.53. The summed E-state index contributed by atoms with van der Waals surface area (Å²) < 4.78 is 68.0. The van der Waals surface area contributed by atoms with Gasteiger partial charge in [-0.05, 0) is 48.6 Å². The number of nitrogens with one attached hydrogen (secondary N) is 1. The summed E-state index contributed by atoms with van der Waals surface area (Å²) in [4.78, 5) is 11.8. The van der Waals surface area contributed by atoms with Gasteiger partial charge in [-0.15, -0.1) is 0 Å². The van der Waals surface area contributed by atoms with Gasteiger partial charge in [0.1, 0.15) is 10.7 Å². The first-order chi connectivity index (χ1) is 14.4. The second kappa shape index (κ2) is 8.85. The van der Waals surface area contributed by atoms with E-state index in [9.17, 15) is 26.0 Å². The first-order valence-corrected chi connectivity index (χ1v) is 12.9. The number of nitrogens with zero attached hydrogens (tertiary/aromatic N) is 1. The fourth-order valence-electron chi connectivity index (χ4n) is 3.24. The van der Waals surface area contributed by atoms with E-state index < -0.39 is 47.3 Å². The fraction of sp³-hybridized carbons (Fsp3) is 0.350. The molecule has 7 nitrogen and oxygen atoms in total. The smallest absolute Gasteiger partial charge is 0.266 e. The van der Waals surface area contributed by atoms with Crippen LogP contribution in [0.15, 0.2) is 46.2 Å². The van der Waals surface area contributed by atoms with E-state index in [4.69, 9.17) is 11.6 Å².